The summed E-state index contributed by atoms with van der Waals surface area (Å²) >= 11 is 1.27. The van der Waals surface area contributed by atoms with Crippen LogP contribution in [0.2, 0.25) is 0 Å². The van der Waals surface area contributed by atoms with Gasteiger partial charge in [-0.05, 0) is 24.6 Å². The topological polar surface area (TPSA) is 79.5 Å². The van der Waals surface area contributed by atoms with Gasteiger partial charge in [-0.1, -0.05) is 13.8 Å². The van der Waals surface area contributed by atoms with Crippen LogP contribution in [0.25, 0.3) is 0 Å². The molecule has 2 heterocycles. The monoisotopic (exact) mass is 293 g/mol. The zero-order chi connectivity index (χ0) is 14.7. The highest BCUT2D eigenvalue weighted by molar-refractivity contribution is 7.16. The number of rotatable bonds is 5. The number of carbonyl (C=O) groups is 2. The molecule has 0 fully saturated rings. The predicted octanol–water partition coefficient (Wildman–Crippen LogP) is 3.42. The summed E-state index contributed by atoms with van der Waals surface area (Å²) in [5.41, 5.74) is 0.113. The van der Waals surface area contributed by atoms with E-state index >= 15 is 0 Å². The molecule has 0 bridgehead atoms. The number of hydrogen-bond donors (Lipinski definition) is 2. The average molecular weight is 293 g/mol. The number of amides is 1. The van der Waals surface area contributed by atoms with Gasteiger partial charge in [-0.3, -0.25) is 4.79 Å². The highest BCUT2D eigenvalue weighted by atomic mass is 32.1. The molecule has 0 aliphatic carbocycles. The molecular formula is C14H15NO4S. The van der Waals surface area contributed by atoms with Crippen molar-refractivity contribution in [2.75, 3.05) is 5.32 Å². The zero-order valence-corrected chi connectivity index (χ0v) is 12.0. The van der Waals surface area contributed by atoms with Gasteiger partial charge in [-0.25, -0.2) is 4.79 Å². The van der Waals surface area contributed by atoms with E-state index in [9.17, 15) is 9.59 Å². The first-order chi connectivity index (χ1) is 9.55. The second kappa shape index (κ2) is 5.92. The van der Waals surface area contributed by atoms with Crippen LogP contribution < -0.4 is 5.32 Å². The van der Waals surface area contributed by atoms with Crippen molar-refractivity contribution in [2.24, 2.45) is 0 Å². The molecule has 5 nitrogen and oxygen atoms in total. The minimum Gasteiger partial charge on any atom is -0.478 e. The van der Waals surface area contributed by atoms with Gasteiger partial charge in [0.1, 0.15) is 10.8 Å². The molecule has 1 amide bonds. The van der Waals surface area contributed by atoms with E-state index in [4.69, 9.17) is 9.52 Å². The molecule has 2 N–H and O–H groups in total. The Morgan fingerprint density at radius 1 is 1.30 bits per heavy atom. The van der Waals surface area contributed by atoms with Crippen LogP contribution in [0.3, 0.4) is 0 Å². The molecule has 20 heavy (non-hydrogen) atoms. The summed E-state index contributed by atoms with van der Waals surface area (Å²) in [6, 6.07) is 4.91. The normalized spacial score (nSPS) is 10.5. The van der Waals surface area contributed by atoms with Gasteiger partial charge in [0, 0.05) is 11.3 Å². The fraction of sp³-hybridized carbons (Fsp3) is 0.286. The molecule has 2 aromatic heterocycles. The standard InChI is InChI=1S/C14H15NO4S/c1-3-8-5-6-11(19-8)12(16)15-13-10(14(17)18)7-9(4-2)20-13/h5-7H,3-4H2,1-2H3,(H,15,16)(H,17,18). The second-order valence-electron chi connectivity index (χ2n) is 4.19. The average Bonchev–Trinajstić information content (AvgIpc) is 3.04. The Hall–Kier alpha value is -2.08. The fourth-order valence-corrected chi connectivity index (χ4v) is 2.71. The number of nitrogens with one attached hydrogen (secondary N) is 1. The van der Waals surface area contributed by atoms with E-state index in [-0.39, 0.29) is 11.3 Å². The molecule has 2 rings (SSSR count). The smallest absolute Gasteiger partial charge is 0.338 e. The second-order valence-corrected chi connectivity index (χ2v) is 5.32. The lowest BCUT2D eigenvalue weighted by Crippen LogP contribution is -2.12. The molecule has 106 valence electrons. The predicted molar refractivity (Wildman–Crippen MR) is 76.7 cm³/mol. The summed E-state index contributed by atoms with van der Waals surface area (Å²) in [7, 11) is 0. The Kier molecular flexibility index (Phi) is 4.24. The number of carboxylic acids is 1. The summed E-state index contributed by atoms with van der Waals surface area (Å²) in [5, 5.41) is 12.1. The van der Waals surface area contributed by atoms with Gasteiger partial charge in [0.25, 0.3) is 5.91 Å². The molecule has 2 aromatic rings. The summed E-state index contributed by atoms with van der Waals surface area (Å²) in [4.78, 5) is 24.1. The number of carboxylic acid groups (broad SMARTS) is 1. The number of thiophene rings is 1. The van der Waals surface area contributed by atoms with Crippen molar-refractivity contribution >= 4 is 28.2 Å². The molecule has 0 aromatic carbocycles. The molecule has 0 spiro atoms. The number of furan rings is 1. The van der Waals surface area contributed by atoms with Gasteiger partial charge < -0.3 is 14.8 Å². The minimum absolute atomic E-state index is 0.113. The van der Waals surface area contributed by atoms with Gasteiger partial charge in [0.05, 0.1) is 5.56 Å². The molecule has 0 radical (unpaired) electrons. The van der Waals surface area contributed by atoms with Gasteiger partial charge in [0.15, 0.2) is 5.76 Å². The van der Waals surface area contributed by atoms with Crippen LogP contribution in [0.5, 0.6) is 0 Å². The largest absolute Gasteiger partial charge is 0.478 e. The summed E-state index contributed by atoms with van der Waals surface area (Å²) < 4.78 is 5.35. The van der Waals surface area contributed by atoms with E-state index in [0.29, 0.717) is 17.2 Å². The molecule has 0 saturated carbocycles. The third kappa shape index (κ3) is 2.91. The Morgan fingerprint density at radius 3 is 2.60 bits per heavy atom. The molecular weight excluding hydrogens is 278 g/mol. The fourth-order valence-electron chi connectivity index (χ4n) is 1.72. The van der Waals surface area contributed by atoms with Crippen molar-refractivity contribution in [3.05, 3.63) is 40.2 Å². The summed E-state index contributed by atoms with van der Waals surface area (Å²) in [6.45, 7) is 3.86. The SMILES string of the molecule is CCc1ccc(C(=O)Nc2sc(CC)cc2C(=O)O)o1. The van der Waals surface area contributed by atoms with E-state index in [1.807, 2.05) is 13.8 Å². The van der Waals surface area contributed by atoms with Crippen molar-refractivity contribution < 1.29 is 19.1 Å². The van der Waals surface area contributed by atoms with Crippen molar-refractivity contribution in [3.8, 4) is 0 Å². The first kappa shape index (κ1) is 14.3. The van der Waals surface area contributed by atoms with Crippen LogP contribution in [0.4, 0.5) is 5.00 Å². The van der Waals surface area contributed by atoms with Crippen LogP contribution in [-0.2, 0) is 12.8 Å². The molecule has 0 aliphatic heterocycles. The van der Waals surface area contributed by atoms with Gasteiger partial charge in [-0.2, -0.15) is 0 Å². The van der Waals surface area contributed by atoms with Gasteiger partial charge >= 0.3 is 5.97 Å². The highest BCUT2D eigenvalue weighted by Crippen LogP contribution is 2.29. The van der Waals surface area contributed by atoms with Crippen molar-refractivity contribution in [1.29, 1.82) is 0 Å². The first-order valence-corrected chi connectivity index (χ1v) is 7.12. The van der Waals surface area contributed by atoms with E-state index in [1.54, 1.807) is 18.2 Å². The van der Waals surface area contributed by atoms with E-state index in [2.05, 4.69) is 5.32 Å². The molecule has 0 atom stereocenters. The van der Waals surface area contributed by atoms with E-state index in [1.165, 1.54) is 11.3 Å². The molecule has 0 unspecified atom stereocenters. The number of anilines is 1. The van der Waals surface area contributed by atoms with Crippen LogP contribution in [0.1, 0.15) is 45.4 Å². The summed E-state index contributed by atoms with van der Waals surface area (Å²) in [5.74, 6) is -0.583. The maximum Gasteiger partial charge on any atom is 0.338 e. The van der Waals surface area contributed by atoms with Crippen molar-refractivity contribution in [1.82, 2.24) is 0 Å². The maximum atomic E-state index is 12.0. The third-order valence-corrected chi connectivity index (χ3v) is 4.02. The van der Waals surface area contributed by atoms with Crippen LogP contribution in [0, 0.1) is 0 Å². The van der Waals surface area contributed by atoms with E-state index in [0.717, 1.165) is 11.3 Å². The highest BCUT2D eigenvalue weighted by Gasteiger charge is 2.19. The maximum absolute atomic E-state index is 12.0. The Bertz CT molecular complexity index is 641. The Labute approximate surface area is 120 Å². The van der Waals surface area contributed by atoms with Crippen molar-refractivity contribution in [3.63, 3.8) is 0 Å². The Balaban J connectivity index is 2.22. The lowest BCUT2D eigenvalue weighted by atomic mass is 10.2. The minimum atomic E-state index is -1.05. The molecule has 6 heteroatoms. The van der Waals surface area contributed by atoms with Crippen LogP contribution >= 0.6 is 11.3 Å². The Morgan fingerprint density at radius 2 is 2.05 bits per heavy atom. The van der Waals surface area contributed by atoms with E-state index < -0.39 is 11.9 Å². The lowest BCUT2D eigenvalue weighted by Gasteiger charge is -2.01. The van der Waals surface area contributed by atoms with Gasteiger partial charge in [-0.15, -0.1) is 11.3 Å². The van der Waals surface area contributed by atoms with Gasteiger partial charge in [0.2, 0.25) is 0 Å². The summed E-state index contributed by atoms with van der Waals surface area (Å²) in [6.07, 6.45) is 1.42. The zero-order valence-electron chi connectivity index (χ0n) is 11.2. The quantitative estimate of drug-likeness (QED) is 0.885. The van der Waals surface area contributed by atoms with Crippen LogP contribution in [0.15, 0.2) is 22.6 Å². The number of aryl methyl sites for hydroxylation is 2. The first-order valence-electron chi connectivity index (χ1n) is 6.31. The molecule has 0 saturated heterocycles. The molecule has 0 aliphatic rings. The van der Waals surface area contributed by atoms with Crippen LogP contribution in [-0.4, -0.2) is 17.0 Å². The van der Waals surface area contributed by atoms with Crippen molar-refractivity contribution in [2.45, 2.75) is 26.7 Å². The number of hydrogen-bond acceptors (Lipinski definition) is 4. The number of carbonyl (C=O) groups excluding carboxylic acids is 1. The number of aromatic carboxylic acids is 1. The lowest BCUT2D eigenvalue weighted by molar-refractivity contribution is 0.0698. The third-order valence-electron chi connectivity index (χ3n) is 2.82.